The lowest BCUT2D eigenvalue weighted by Crippen LogP contribution is -2.44. The van der Waals surface area contributed by atoms with Gasteiger partial charge in [-0.15, -0.1) is 0 Å². The highest BCUT2D eigenvalue weighted by Crippen LogP contribution is 2.24. The summed E-state index contributed by atoms with van der Waals surface area (Å²) in [5.41, 5.74) is -0.567. The predicted octanol–water partition coefficient (Wildman–Crippen LogP) is 1.07. The van der Waals surface area contributed by atoms with Crippen molar-refractivity contribution in [1.29, 1.82) is 0 Å². The average Bonchev–Trinajstić information content (AvgIpc) is 2.49. The van der Waals surface area contributed by atoms with Crippen LogP contribution < -0.4 is 5.32 Å². The van der Waals surface area contributed by atoms with Gasteiger partial charge >= 0.3 is 0 Å². The summed E-state index contributed by atoms with van der Waals surface area (Å²) in [6, 6.07) is 0. The van der Waals surface area contributed by atoms with Crippen LogP contribution in [0.5, 0.6) is 0 Å². The molecule has 4 heteroatoms. The Hall–Kier alpha value is -0.0900. The number of carbonyl (C=O) groups excluding carboxylic acids is 1. The number of amides is 1. The highest BCUT2D eigenvalue weighted by molar-refractivity contribution is 9.09. The fourth-order valence-electron chi connectivity index (χ4n) is 1.31. The van der Waals surface area contributed by atoms with Crippen LogP contribution in [0, 0.1) is 0 Å². The quantitative estimate of drug-likeness (QED) is 0.744. The summed E-state index contributed by atoms with van der Waals surface area (Å²) in [5.74, 6) is 0.0134. The second-order valence-electron chi connectivity index (χ2n) is 3.13. The van der Waals surface area contributed by atoms with E-state index < -0.39 is 5.60 Å². The van der Waals surface area contributed by atoms with Crippen molar-refractivity contribution in [1.82, 2.24) is 5.32 Å². The van der Waals surface area contributed by atoms with Crippen molar-refractivity contribution in [2.45, 2.75) is 25.4 Å². The highest BCUT2D eigenvalue weighted by atomic mass is 79.9. The SMILES string of the molecule is CC1(C(=O)NCCBr)CCCO1. The Morgan fingerprint density at radius 3 is 3.00 bits per heavy atom. The van der Waals surface area contributed by atoms with Crippen LogP contribution in [-0.2, 0) is 9.53 Å². The number of carbonyl (C=O) groups is 1. The van der Waals surface area contributed by atoms with E-state index in [9.17, 15) is 4.79 Å². The van der Waals surface area contributed by atoms with Crippen LogP contribution in [0.4, 0.5) is 0 Å². The van der Waals surface area contributed by atoms with E-state index in [0.717, 1.165) is 18.2 Å². The van der Waals surface area contributed by atoms with Gasteiger partial charge in [0.2, 0.25) is 0 Å². The minimum Gasteiger partial charge on any atom is -0.365 e. The van der Waals surface area contributed by atoms with Crippen molar-refractivity contribution in [2.24, 2.45) is 0 Å². The molecule has 0 aromatic rings. The zero-order valence-corrected chi connectivity index (χ0v) is 8.82. The van der Waals surface area contributed by atoms with Crippen LogP contribution >= 0.6 is 15.9 Å². The Bertz CT molecular complexity index is 166. The molecule has 0 spiro atoms. The van der Waals surface area contributed by atoms with E-state index in [0.29, 0.717) is 13.2 Å². The molecule has 3 nitrogen and oxygen atoms in total. The van der Waals surface area contributed by atoms with E-state index in [1.807, 2.05) is 6.92 Å². The Kier molecular flexibility index (Phi) is 3.53. The van der Waals surface area contributed by atoms with Crippen LogP contribution in [0.15, 0.2) is 0 Å². The number of halogens is 1. The molecule has 0 aromatic carbocycles. The maximum atomic E-state index is 11.5. The molecular formula is C8H14BrNO2. The molecule has 1 rings (SSSR count). The van der Waals surface area contributed by atoms with Gasteiger partial charge in [-0.05, 0) is 19.8 Å². The van der Waals surface area contributed by atoms with E-state index in [1.54, 1.807) is 0 Å². The standard InChI is InChI=1S/C8H14BrNO2/c1-8(3-2-6-12-8)7(11)10-5-4-9/h2-6H2,1H3,(H,10,11). The van der Waals surface area contributed by atoms with Gasteiger partial charge in [-0.25, -0.2) is 0 Å². The molecule has 0 radical (unpaired) electrons. The fraction of sp³-hybridized carbons (Fsp3) is 0.875. The van der Waals surface area contributed by atoms with Gasteiger partial charge in [0.15, 0.2) is 0 Å². The molecule has 1 heterocycles. The molecule has 1 aliphatic rings. The molecule has 1 amide bonds. The van der Waals surface area contributed by atoms with Gasteiger partial charge in [0.1, 0.15) is 5.60 Å². The molecule has 1 aliphatic heterocycles. The molecule has 1 unspecified atom stereocenters. The largest absolute Gasteiger partial charge is 0.365 e. The van der Waals surface area contributed by atoms with Crippen LogP contribution in [0.1, 0.15) is 19.8 Å². The van der Waals surface area contributed by atoms with Crippen molar-refractivity contribution in [2.75, 3.05) is 18.5 Å². The minimum absolute atomic E-state index is 0.0134. The maximum Gasteiger partial charge on any atom is 0.251 e. The molecule has 0 saturated carbocycles. The third-order valence-electron chi connectivity index (χ3n) is 2.08. The minimum atomic E-state index is -0.567. The summed E-state index contributed by atoms with van der Waals surface area (Å²) in [4.78, 5) is 11.5. The summed E-state index contributed by atoms with van der Waals surface area (Å²) in [7, 11) is 0. The monoisotopic (exact) mass is 235 g/mol. The van der Waals surface area contributed by atoms with Crippen LogP contribution in [-0.4, -0.2) is 30.0 Å². The van der Waals surface area contributed by atoms with E-state index >= 15 is 0 Å². The molecule has 1 saturated heterocycles. The first-order valence-corrected chi connectivity index (χ1v) is 5.29. The normalized spacial score (nSPS) is 28.8. The number of alkyl halides is 1. The number of rotatable bonds is 3. The van der Waals surface area contributed by atoms with Crippen molar-refractivity contribution >= 4 is 21.8 Å². The Morgan fingerprint density at radius 2 is 2.50 bits per heavy atom. The number of nitrogens with one attached hydrogen (secondary N) is 1. The summed E-state index contributed by atoms with van der Waals surface area (Å²) in [6.07, 6.45) is 1.82. The average molecular weight is 236 g/mol. The number of hydrogen-bond acceptors (Lipinski definition) is 2. The second-order valence-corrected chi connectivity index (χ2v) is 3.92. The van der Waals surface area contributed by atoms with Gasteiger partial charge < -0.3 is 10.1 Å². The van der Waals surface area contributed by atoms with Crippen LogP contribution in [0.25, 0.3) is 0 Å². The first-order valence-electron chi connectivity index (χ1n) is 4.17. The third kappa shape index (κ3) is 2.20. The molecular weight excluding hydrogens is 222 g/mol. The molecule has 1 fully saturated rings. The van der Waals surface area contributed by atoms with Gasteiger partial charge in [0.25, 0.3) is 5.91 Å². The van der Waals surface area contributed by atoms with Crippen LogP contribution in [0.2, 0.25) is 0 Å². The molecule has 1 atom stereocenters. The third-order valence-corrected chi connectivity index (χ3v) is 2.48. The van der Waals surface area contributed by atoms with Gasteiger partial charge in [0, 0.05) is 18.5 Å². The lowest BCUT2D eigenvalue weighted by atomic mass is 10.0. The van der Waals surface area contributed by atoms with Crippen molar-refractivity contribution in [3.05, 3.63) is 0 Å². The van der Waals surface area contributed by atoms with E-state index in [1.165, 1.54) is 0 Å². The predicted molar refractivity (Wildman–Crippen MR) is 50.4 cm³/mol. The van der Waals surface area contributed by atoms with Crippen molar-refractivity contribution in [3.63, 3.8) is 0 Å². The Morgan fingerprint density at radius 1 is 1.75 bits per heavy atom. The summed E-state index contributed by atoms with van der Waals surface area (Å²) in [5, 5.41) is 3.59. The summed E-state index contributed by atoms with van der Waals surface area (Å²) in [6.45, 7) is 3.22. The van der Waals surface area contributed by atoms with Gasteiger partial charge in [-0.3, -0.25) is 4.79 Å². The van der Waals surface area contributed by atoms with Crippen molar-refractivity contribution < 1.29 is 9.53 Å². The number of hydrogen-bond donors (Lipinski definition) is 1. The van der Waals surface area contributed by atoms with E-state index in [4.69, 9.17) is 4.74 Å². The first kappa shape index (κ1) is 9.99. The summed E-state index contributed by atoms with van der Waals surface area (Å²) >= 11 is 3.25. The molecule has 12 heavy (non-hydrogen) atoms. The smallest absolute Gasteiger partial charge is 0.251 e. The lowest BCUT2D eigenvalue weighted by molar-refractivity contribution is -0.139. The van der Waals surface area contributed by atoms with E-state index in [2.05, 4.69) is 21.2 Å². The molecule has 0 aliphatic carbocycles. The molecule has 0 aromatic heterocycles. The van der Waals surface area contributed by atoms with Crippen LogP contribution in [0.3, 0.4) is 0 Å². The zero-order valence-electron chi connectivity index (χ0n) is 7.23. The molecule has 1 N–H and O–H groups in total. The Balaban J connectivity index is 2.39. The zero-order chi connectivity index (χ0) is 9.03. The first-order chi connectivity index (χ1) is 5.69. The second kappa shape index (κ2) is 4.23. The van der Waals surface area contributed by atoms with Gasteiger partial charge in [-0.1, -0.05) is 15.9 Å². The van der Waals surface area contributed by atoms with E-state index in [-0.39, 0.29) is 5.91 Å². The van der Waals surface area contributed by atoms with Gasteiger partial charge in [0.05, 0.1) is 0 Å². The fourth-order valence-corrected chi connectivity index (χ4v) is 1.50. The highest BCUT2D eigenvalue weighted by Gasteiger charge is 2.37. The van der Waals surface area contributed by atoms with Crippen molar-refractivity contribution in [3.8, 4) is 0 Å². The summed E-state index contributed by atoms with van der Waals surface area (Å²) < 4.78 is 5.37. The topological polar surface area (TPSA) is 38.3 Å². The number of ether oxygens (including phenoxy) is 1. The van der Waals surface area contributed by atoms with Gasteiger partial charge in [-0.2, -0.15) is 0 Å². The molecule has 0 bridgehead atoms. The molecule has 70 valence electrons. The lowest BCUT2D eigenvalue weighted by Gasteiger charge is -2.21. The maximum absolute atomic E-state index is 11.5. The Labute approximate surface area is 81.0 Å².